The first kappa shape index (κ1) is 16.0. The number of β-amino-alcohol motifs (C(OH)–C–C–N with tert-alkyl or cyclic N) is 1. The van der Waals surface area contributed by atoms with Crippen molar-refractivity contribution in [2.45, 2.75) is 39.2 Å². The third-order valence-corrected chi connectivity index (χ3v) is 5.03. The summed E-state index contributed by atoms with van der Waals surface area (Å²) in [7, 11) is 0. The van der Waals surface area contributed by atoms with Crippen LogP contribution in [0.3, 0.4) is 0 Å². The number of rotatable bonds is 3. The number of hydrogen-bond acceptors (Lipinski definition) is 6. The molecule has 3 heterocycles. The zero-order valence-corrected chi connectivity index (χ0v) is 14.8. The lowest BCUT2D eigenvalue weighted by molar-refractivity contribution is 0.0260. The molecule has 6 nitrogen and oxygen atoms in total. The molecule has 0 unspecified atom stereocenters. The number of pyridine rings is 1. The van der Waals surface area contributed by atoms with Crippen molar-refractivity contribution >= 4 is 16.6 Å². The highest BCUT2D eigenvalue weighted by Gasteiger charge is 2.43. The molecule has 4 rings (SSSR count). The molecule has 2 aromatic heterocycles. The molecule has 1 N–H and O–H groups in total. The van der Waals surface area contributed by atoms with Crippen molar-refractivity contribution in [2.24, 2.45) is 0 Å². The van der Waals surface area contributed by atoms with Gasteiger partial charge in [0.25, 0.3) is 5.89 Å². The van der Waals surface area contributed by atoms with Gasteiger partial charge in [0.15, 0.2) is 11.4 Å². The third kappa shape index (κ3) is 2.57. The van der Waals surface area contributed by atoms with Crippen LogP contribution in [0.1, 0.15) is 36.3 Å². The maximum Gasteiger partial charge on any atom is 0.260 e. The van der Waals surface area contributed by atoms with E-state index in [4.69, 9.17) is 9.51 Å². The second-order valence-corrected chi connectivity index (χ2v) is 6.75. The number of fused-ring (bicyclic) bond motifs is 1. The molecule has 0 radical (unpaired) electrons. The highest BCUT2D eigenvalue weighted by Crippen LogP contribution is 2.39. The Labute approximate surface area is 146 Å². The van der Waals surface area contributed by atoms with Crippen LogP contribution >= 0.6 is 0 Å². The molecular weight excluding hydrogens is 316 g/mol. The van der Waals surface area contributed by atoms with Crippen molar-refractivity contribution < 1.29 is 9.63 Å². The van der Waals surface area contributed by atoms with Crippen molar-refractivity contribution in [3.05, 3.63) is 47.2 Å². The molecular formula is C19H22N4O2. The summed E-state index contributed by atoms with van der Waals surface area (Å²) in [5, 5.41) is 16.0. The predicted octanol–water partition coefficient (Wildman–Crippen LogP) is 2.89. The normalized spacial score (nSPS) is 20.6. The Bertz CT molecular complexity index is 936. The minimum atomic E-state index is -1.11. The smallest absolute Gasteiger partial charge is 0.260 e. The minimum absolute atomic E-state index is 0.305. The monoisotopic (exact) mass is 338 g/mol. The zero-order valence-electron chi connectivity index (χ0n) is 14.8. The summed E-state index contributed by atoms with van der Waals surface area (Å²) in [6.07, 6.45) is 1.44. The van der Waals surface area contributed by atoms with Crippen LogP contribution in [0.4, 0.5) is 5.69 Å². The van der Waals surface area contributed by atoms with E-state index in [9.17, 15) is 5.11 Å². The topological polar surface area (TPSA) is 75.3 Å². The summed E-state index contributed by atoms with van der Waals surface area (Å²) in [6, 6.07) is 8.18. The number of nitrogens with zero attached hydrogens (tertiary/aromatic N) is 4. The van der Waals surface area contributed by atoms with Crippen molar-refractivity contribution in [1.29, 1.82) is 0 Å². The van der Waals surface area contributed by atoms with Crippen LogP contribution < -0.4 is 4.90 Å². The summed E-state index contributed by atoms with van der Waals surface area (Å²) < 4.78 is 5.25. The van der Waals surface area contributed by atoms with Crippen LogP contribution in [0.25, 0.3) is 10.9 Å². The van der Waals surface area contributed by atoms with E-state index < -0.39 is 5.60 Å². The maximum atomic E-state index is 11.0. The molecule has 25 heavy (non-hydrogen) atoms. The first-order valence-electron chi connectivity index (χ1n) is 8.68. The molecule has 0 amide bonds. The third-order valence-electron chi connectivity index (χ3n) is 5.03. The lowest BCUT2D eigenvalue weighted by Crippen LogP contribution is -2.31. The summed E-state index contributed by atoms with van der Waals surface area (Å²) in [5.41, 5.74) is 3.30. The van der Waals surface area contributed by atoms with Gasteiger partial charge in [0.05, 0.1) is 17.7 Å². The van der Waals surface area contributed by atoms with Crippen LogP contribution in [-0.4, -0.2) is 33.3 Å². The Morgan fingerprint density at radius 1 is 1.24 bits per heavy atom. The summed E-state index contributed by atoms with van der Waals surface area (Å²) in [6.45, 7) is 7.16. The fraction of sp³-hybridized carbons (Fsp3) is 0.421. The molecule has 1 aliphatic rings. The number of para-hydroxylation sites is 1. The van der Waals surface area contributed by atoms with E-state index in [2.05, 4.69) is 35.0 Å². The van der Waals surface area contributed by atoms with Crippen LogP contribution in [0.5, 0.6) is 0 Å². The standard InChI is InChI=1S/C19H22N4O2/c1-4-15-12(2)17(14-7-5-6-8-16(14)21-15)23-10-9-19(24,11-23)18-20-13(3)22-25-18/h5-8,24H,4,9-11H2,1-3H3/t19-/m0/s1. The van der Waals surface area contributed by atoms with E-state index in [0.29, 0.717) is 24.7 Å². The van der Waals surface area contributed by atoms with Gasteiger partial charge in [0.2, 0.25) is 0 Å². The molecule has 130 valence electrons. The van der Waals surface area contributed by atoms with Gasteiger partial charge < -0.3 is 14.5 Å². The molecule has 1 saturated heterocycles. The largest absolute Gasteiger partial charge is 0.378 e. The average molecular weight is 338 g/mol. The molecule has 0 saturated carbocycles. The number of anilines is 1. The lowest BCUT2D eigenvalue weighted by atomic mass is 10.0. The SMILES string of the molecule is CCc1nc2ccccc2c(N2CC[C@@](O)(c3nc(C)no3)C2)c1C. The average Bonchev–Trinajstić information content (AvgIpc) is 3.21. The molecule has 0 bridgehead atoms. The molecule has 6 heteroatoms. The molecule has 1 atom stereocenters. The molecule has 1 aromatic carbocycles. The van der Waals surface area contributed by atoms with Gasteiger partial charge in [-0.25, -0.2) is 0 Å². The molecule has 3 aromatic rings. The van der Waals surface area contributed by atoms with Crippen molar-refractivity contribution in [3.8, 4) is 0 Å². The molecule has 0 aliphatic carbocycles. The van der Waals surface area contributed by atoms with Gasteiger partial charge in [-0.1, -0.05) is 30.3 Å². The first-order valence-corrected chi connectivity index (χ1v) is 8.68. The van der Waals surface area contributed by atoms with E-state index in [-0.39, 0.29) is 0 Å². The molecule has 1 fully saturated rings. The number of aliphatic hydroxyl groups is 1. The lowest BCUT2D eigenvalue weighted by Gasteiger charge is -2.25. The van der Waals surface area contributed by atoms with Crippen molar-refractivity contribution in [3.63, 3.8) is 0 Å². The fourth-order valence-corrected chi connectivity index (χ4v) is 3.74. The van der Waals surface area contributed by atoms with E-state index >= 15 is 0 Å². The van der Waals surface area contributed by atoms with Gasteiger partial charge in [-0.3, -0.25) is 4.98 Å². The van der Waals surface area contributed by atoms with E-state index in [1.165, 1.54) is 5.56 Å². The van der Waals surface area contributed by atoms with E-state index in [1.54, 1.807) is 6.92 Å². The van der Waals surface area contributed by atoms with E-state index in [0.717, 1.165) is 35.2 Å². The second kappa shape index (κ2) is 5.81. The van der Waals surface area contributed by atoms with Crippen LogP contribution in [-0.2, 0) is 12.0 Å². The van der Waals surface area contributed by atoms with Gasteiger partial charge in [-0.15, -0.1) is 0 Å². The minimum Gasteiger partial charge on any atom is -0.378 e. The Morgan fingerprint density at radius 2 is 2.04 bits per heavy atom. The summed E-state index contributed by atoms with van der Waals surface area (Å²) >= 11 is 0. The van der Waals surface area contributed by atoms with Crippen molar-refractivity contribution in [1.82, 2.24) is 15.1 Å². The van der Waals surface area contributed by atoms with Gasteiger partial charge in [-0.2, -0.15) is 4.98 Å². The maximum absolute atomic E-state index is 11.0. The number of aromatic nitrogens is 3. The van der Waals surface area contributed by atoms with Gasteiger partial charge in [0.1, 0.15) is 0 Å². The van der Waals surface area contributed by atoms with Crippen molar-refractivity contribution in [2.75, 3.05) is 18.0 Å². The molecule has 1 aliphatic heterocycles. The number of benzene rings is 1. The van der Waals surface area contributed by atoms with E-state index in [1.807, 2.05) is 18.2 Å². The molecule has 0 spiro atoms. The summed E-state index contributed by atoms with van der Waals surface area (Å²) in [5.74, 6) is 0.847. The Hall–Kier alpha value is -2.47. The zero-order chi connectivity index (χ0) is 17.6. The predicted molar refractivity (Wildman–Crippen MR) is 95.6 cm³/mol. The van der Waals surface area contributed by atoms with Crippen LogP contribution in [0, 0.1) is 13.8 Å². The number of hydrogen-bond donors (Lipinski definition) is 1. The first-order chi connectivity index (χ1) is 12.0. The highest BCUT2D eigenvalue weighted by atomic mass is 16.5. The Balaban J connectivity index is 1.79. The second-order valence-electron chi connectivity index (χ2n) is 6.75. The van der Waals surface area contributed by atoms with Crippen LogP contribution in [0.2, 0.25) is 0 Å². The summed E-state index contributed by atoms with van der Waals surface area (Å²) in [4.78, 5) is 11.3. The Kier molecular flexibility index (Phi) is 3.72. The Morgan fingerprint density at radius 3 is 2.76 bits per heavy atom. The van der Waals surface area contributed by atoms with Gasteiger partial charge in [0, 0.05) is 24.0 Å². The van der Waals surface area contributed by atoms with Gasteiger partial charge in [-0.05, 0) is 31.9 Å². The number of aryl methyl sites for hydroxylation is 2. The fourth-order valence-electron chi connectivity index (χ4n) is 3.74. The highest BCUT2D eigenvalue weighted by molar-refractivity contribution is 5.94. The van der Waals surface area contributed by atoms with Gasteiger partial charge >= 0.3 is 0 Å². The quantitative estimate of drug-likeness (QED) is 0.791. The van der Waals surface area contributed by atoms with Crippen LogP contribution in [0.15, 0.2) is 28.8 Å².